The molecule has 27 heavy (non-hydrogen) atoms. The summed E-state index contributed by atoms with van der Waals surface area (Å²) >= 11 is 0. The molecule has 3 aromatic carbocycles. The number of hydrogen-bond donors (Lipinski definition) is 0. The van der Waals surface area contributed by atoms with E-state index in [1.54, 1.807) is 0 Å². The maximum Gasteiger partial charge on any atom is -0.00761 e. The van der Waals surface area contributed by atoms with E-state index >= 15 is 0 Å². The molecule has 0 aromatic heterocycles. The molecule has 0 nitrogen and oxygen atoms in total. The third kappa shape index (κ3) is 3.46. The molecule has 1 aliphatic rings. The van der Waals surface area contributed by atoms with E-state index in [2.05, 4.69) is 95.3 Å². The van der Waals surface area contributed by atoms with Gasteiger partial charge in [0.15, 0.2) is 0 Å². The van der Waals surface area contributed by atoms with Crippen LogP contribution in [0.4, 0.5) is 0 Å². The SMILES string of the molecule is Cc1cccc(-c2ccc3c(c2)CC(C)C3)c1-c1ccc(C(C)(C)C)cc1. The lowest BCUT2D eigenvalue weighted by Gasteiger charge is -2.20. The van der Waals surface area contributed by atoms with E-state index in [1.807, 2.05) is 0 Å². The average Bonchev–Trinajstić information content (AvgIpc) is 3.00. The summed E-state index contributed by atoms with van der Waals surface area (Å²) < 4.78 is 0. The molecule has 3 aromatic rings. The van der Waals surface area contributed by atoms with Crippen molar-refractivity contribution in [3.63, 3.8) is 0 Å². The van der Waals surface area contributed by atoms with Crippen LogP contribution in [0, 0.1) is 12.8 Å². The monoisotopic (exact) mass is 354 g/mol. The van der Waals surface area contributed by atoms with Gasteiger partial charge in [0.25, 0.3) is 0 Å². The molecule has 0 saturated heterocycles. The predicted molar refractivity (Wildman–Crippen MR) is 117 cm³/mol. The molecule has 0 heteroatoms. The van der Waals surface area contributed by atoms with Gasteiger partial charge in [0.1, 0.15) is 0 Å². The molecule has 0 N–H and O–H groups in total. The second kappa shape index (κ2) is 6.68. The molecule has 0 heterocycles. The Balaban J connectivity index is 1.81. The number of rotatable bonds is 2. The Labute approximate surface area is 164 Å². The summed E-state index contributed by atoms with van der Waals surface area (Å²) in [5.41, 5.74) is 11.4. The van der Waals surface area contributed by atoms with Gasteiger partial charge in [-0.25, -0.2) is 0 Å². The van der Waals surface area contributed by atoms with Crippen molar-refractivity contribution in [3.8, 4) is 22.3 Å². The van der Waals surface area contributed by atoms with Gasteiger partial charge in [-0.15, -0.1) is 0 Å². The lowest BCUT2D eigenvalue weighted by atomic mass is 9.84. The van der Waals surface area contributed by atoms with Crippen LogP contribution in [0.2, 0.25) is 0 Å². The molecule has 0 radical (unpaired) electrons. The van der Waals surface area contributed by atoms with Crippen LogP contribution in [0.15, 0.2) is 60.7 Å². The number of hydrogen-bond acceptors (Lipinski definition) is 0. The maximum atomic E-state index is 2.43. The molecule has 0 amide bonds. The molecule has 0 bridgehead atoms. The van der Waals surface area contributed by atoms with E-state index in [4.69, 9.17) is 0 Å². The second-order valence-electron chi connectivity index (χ2n) is 9.32. The van der Waals surface area contributed by atoms with Crippen LogP contribution in [0.1, 0.15) is 49.9 Å². The van der Waals surface area contributed by atoms with Crippen LogP contribution in [0.3, 0.4) is 0 Å². The zero-order valence-corrected chi connectivity index (χ0v) is 17.3. The van der Waals surface area contributed by atoms with E-state index in [0.29, 0.717) is 0 Å². The lowest BCUT2D eigenvalue weighted by molar-refractivity contribution is 0.590. The van der Waals surface area contributed by atoms with E-state index < -0.39 is 0 Å². The third-order valence-electron chi connectivity index (χ3n) is 5.97. The Hall–Kier alpha value is -2.34. The van der Waals surface area contributed by atoms with Gasteiger partial charge in [-0.05, 0) is 75.6 Å². The van der Waals surface area contributed by atoms with Crippen LogP contribution in [0.25, 0.3) is 22.3 Å². The predicted octanol–water partition coefficient (Wildman–Crippen LogP) is 7.36. The third-order valence-corrected chi connectivity index (χ3v) is 5.97. The van der Waals surface area contributed by atoms with Crippen LogP contribution >= 0.6 is 0 Å². The topological polar surface area (TPSA) is 0 Å². The molecule has 1 atom stereocenters. The lowest BCUT2D eigenvalue weighted by Crippen LogP contribution is -2.10. The van der Waals surface area contributed by atoms with E-state index in [0.717, 1.165) is 5.92 Å². The van der Waals surface area contributed by atoms with Gasteiger partial charge in [0, 0.05) is 0 Å². The summed E-state index contributed by atoms with van der Waals surface area (Å²) in [6.07, 6.45) is 2.44. The van der Waals surface area contributed by atoms with Crippen molar-refractivity contribution >= 4 is 0 Å². The van der Waals surface area contributed by atoms with Crippen LogP contribution in [-0.4, -0.2) is 0 Å². The first-order valence-corrected chi connectivity index (χ1v) is 10.2. The minimum atomic E-state index is 0.184. The number of aryl methyl sites for hydroxylation is 1. The Kier molecular flexibility index (Phi) is 4.46. The summed E-state index contributed by atoms with van der Waals surface area (Å²) in [7, 11) is 0. The standard InChI is InChI=1S/C27H30/c1-18-15-21-9-10-22(17-23(21)16-18)25-8-6-7-19(2)26(25)20-11-13-24(14-12-20)27(3,4)5/h6-14,17-18H,15-16H2,1-5H3. The normalized spacial score (nSPS) is 16.4. The molecule has 1 unspecified atom stereocenters. The van der Waals surface area contributed by atoms with Gasteiger partial charge in [0.2, 0.25) is 0 Å². The molecule has 0 saturated carbocycles. The van der Waals surface area contributed by atoms with Crippen LogP contribution in [-0.2, 0) is 18.3 Å². The fourth-order valence-electron chi connectivity index (χ4n) is 4.43. The first kappa shape index (κ1) is 18.0. The number of benzene rings is 3. The van der Waals surface area contributed by atoms with E-state index in [9.17, 15) is 0 Å². The van der Waals surface area contributed by atoms with Crippen LogP contribution in [0.5, 0.6) is 0 Å². The quantitative estimate of drug-likeness (QED) is 0.451. The van der Waals surface area contributed by atoms with Gasteiger partial charge >= 0.3 is 0 Å². The van der Waals surface area contributed by atoms with Gasteiger partial charge < -0.3 is 0 Å². The Morgan fingerprint density at radius 2 is 1.44 bits per heavy atom. The molecular weight excluding hydrogens is 324 g/mol. The van der Waals surface area contributed by atoms with E-state index in [-0.39, 0.29) is 5.41 Å². The summed E-state index contributed by atoms with van der Waals surface area (Å²) in [6.45, 7) is 11.4. The molecule has 0 fully saturated rings. The zero-order chi connectivity index (χ0) is 19.2. The Morgan fingerprint density at radius 1 is 0.778 bits per heavy atom. The molecule has 0 aliphatic heterocycles. The fraction of sp³-hybridized carbons (Fsp3) is 0.333. The minimum Gasteiger partial charge on any atom is -0.0619 e. The van der Waals surface area contributed by atoms with Crippen molar-refractivity contribution in [3.05, 3.63) is 82.9 Å². The van der Waals surface area contributed by atoms with Crippen LogP contribution < -0.4 is 0 Å². The zero-order valence-electron chi connectivity index (χ0n) is 17.3. The highest BCUT2D eigenvalue weighted by molar-refractivity contribution is 5.86. The first-order valence-electron chi connectivity index (χ1n) is 10.2. The first-order chi connectivity index (χ1) is 12.8. The van der Waals surface area contributed by atoms with E-state index in [1.165, 1.54) is 57.3 Å². The highest BCUT2D eigenvalue weighted by Crippen LogP contribution is 2.38. The Morgan fingerprint density at radius 3 is 2.15 bits per heavy atom. The molecule has 138 valence electrons. The summed E-state index contributed by atoms with van der Waals surface area (Å²) in [5.74, 6) is 0.775. The summed E-state index contributed by atoms with van der Waals surface area (Å²) in [6, 6.07) is 23.0. The van der Waals surface area contributed by atoms with Crippen molar-refractivity contribution in [2.45, 2.75) is 52.9 Å². The highest BCUT2D eigenvalue weighted by Gasteiger charge is 2.19. The van der Waals surface area contributed by atoms with Gasteiger partial charge in [-0.2, -0.15) is 0 Å². The largest absolute Gasteiger partial charge is 0.0619 e. The summed E-state index contributed by atoms with van der Waals surface area (Å²) in [4.78, 5) is 0. The molecule has 1 aliphatic carbocycles. The molecule has 4 rings (SSSR count). The van der Waals surface area contributed by atoms with Crippen molar-refractivity contribution in [2.24, 2.45) is 5.92 Å². The maximum absolute atomic E-state index is 2.43. The second-order valence-corrected chi connectivity index (χ2v) is 9.32. The van der Waals surface area contributed by atoms with Gasteiger partial charge in [-0.1, -0.05) is 88.4 Å². The van der Waals surface area contributed by atoms with Crippen molar-refractivity contribution in [1.29, 1.82) is 0 Å². The highest BCUT2D eigenvalue weighted by atomic mass is 14.2. The molecular formula is C27H30. The van der Waals surface area contributed by atoms with Gasteiger partial charge in [-0.3, -0.25) is 0 Å². The van der Waals surface area contributed by atoms with Crippen molar-refractivity contribution in [1.82, 2.24) is 0 Å². The van der Waals surface area contributed by atoms with Crippen molar-refractivity contribution in [2.75, 3.05) is 0 Å². The Bertz CT molecular complexity index is 968. The van der Waals surface area contributed by atoms with Gasteiger partial charge in [0.05, 0.1) is 0 Å². The summed E-state index contributed by atoms with van der Waals surface area (Å²) in [5, 5.41) is 0. The fourth-order valence-corrected chi connectivity index (χ4v) is 4.43. The minimum absolute atomic E-state index is 0.184. The number of fused-ring (bicyclic) bond motifs is 1. The average molecular weight is 355 g/mol. The smallest absolute Gasteiger partial charge is 0.00761 e. The molecule has 0 spiro atoms. The van der Waals surface area contributed by atoms with Crippen molar-refractivity contribution < 1.29 is 0 Å².